The summed E-state index contributed by atoms with van der Waals surface area (Å²) < 4.78 is 8.76. The molecule has 0 radical (unpaired) electrons. The van der Waals surface area contributed by atoms with Crippen LogP contribution >= 0.6 is 11.5 Å². The number of hydrogen-bond acceptors (Lipinski definition) is 6. The number of esters is 1. The van der Waals surface area contributed by atoms with Crippen LogP contribution in [0.2, 0.25) is 0 Å². The molecule has 1 aromatic heterocycles. The summed E-state index contributed by atoms with van der Waals surface area (Å²) in [4.78, 5) is 11.7. The largest absolute Gasteiger partial charge is 0.465 e. The van der Waals surface area contributed by atoms with E-state index in [-0.39, 0.29) is 11.9 Å². The lowest BCUT2D eigenvalue weighted by atomic mass is 10.1. The van der Waals surface area contributed by atoms with Crippen LogP contribution in [0.3, 0.4) is 0 Å². The summed E-state index contributed by atoms with van der Waals surface area (Å²) >= 11 is 1.16. The second kappa shape index (κ2) is 6.58. The van der Waals surface area contributed by atoms with Gasteiger partial charge in [0.25, 0.3) is 0 Å². The first-order valence-electron chi connectivity index (χ1n) is 6.75. The summed E-state index contributed by atoms with van der Waals surface area (Å²) in [5, 5.41) is 3.91. The number of methoxy groups -OCH3 is 1. The summed E-state index contributed by atoms with van der Waals surface area (Å²) in [6.07, 6.45) is 1.01. The van der Waals surface area contributed by atoms with Crippen LogP contribution < -0.4 is 11.1 Å². The van der Waals surface area contributed by atoms with Gasteiger partial charge in [0.15, 0.2) is 5.82 Å². The number of carbonyl (C=O) groups is 1. The quantitative estimate of drug-likeness (QED) is 0.829. The first-order valence-corrected chi connectivity index (χ1v) is 7.53. The highest BCUT2D eigenvalue weighted by molar-refractivity contribution is 7.11. The fraction of sp³-hybridized carbons (Fsp3) is 0.333. The number of nitrogens with two attached hydrogens (primary N) is 1. The molecule has 2 aromatic rings. The third kappa shape index (κ3) is 3.33. The number of anilines is 2. The van der Waals surface area contributed by atoms with Gasteiger partial charge < -0.3 is 15.8 Å². The molecule has 1 aromatic carbocycles. The Hall–Kier alpha value is -2.08. The minimum Gasteiger partial charge on any atom is -0.465 e. The first-order chi connectivity index (χ1) is 10.1. The van der Waals surface area contributed by atoms with Crippen LogP contribution in [-0.2, 0) is 11.2 Å². The maximum absolute atomic E-state index is 11.7. The molecule has 6 heteroatoms. The summed E-state index contributed by atoms with van der Waals surface area (Å²) in [5.74, 6) is -0.278. The van der Waals surface area contributed by atoms with Gasteiger partial charge >= 0.3 is 5.97 Å². The Bertz CT molecular complexity index is 622. The van der Waals surface area contributed by atoms with Crippen molar-refractivity contribution in [2.75, 3.05) is 18.2 Å². The van der Waals surface area contributed by atoms with Crippen LogP contribution in [0, 0.1) is 0 Å². The number of benzene rings is 1. The zero-order valence-corrected chi connectivity index (χ0v) is 13.2. The van der Waals surface area contributed by atoms with Crippen molar-refractivity contribution in [1.29, 1.82) is 0 Å². The third-order valence-corrected chi connectivity index (χ3v) is 4.14. The minimum atomic E-state index is -0.475. The lowest BCUT2D eigenvalue weighted by molar-refractivity contribution is 0.0603. The van der Waals surface area contributed by atoms with Gasteiger partial charge in [-0.15, -0.1) is 0 Å². The summed E-state index contributed by atoms with van der Waals surface area (Å²) in [5.41, 5.74) is 8.46. The van der Waals surface area contributed by atoms with E-state index in [1.165, 1.54) is 12.7 Å². The maximum Gasteiger partial charge on any atom is 0.344 e. The number of nitrogens with zero attached hydrogens (tertiary/aromatic N) is 1. The predicted octanol–water partition coefficient (Wildman–Crippen LogP) is 3.25. The molecule has 0 aliphatic rings. The molecular weight excluding hydrogens is 286 g/mol. The van der Waals surface area contributed by atoms with Crippen molar-refractivity contribution in [2.45, 2.75) is 26.3 Å². The molecule has 0 spiro atoms. The Balaban J connectivity index is 2.19. The zero-order chi connectivity index (χ0) is 15.4. The van der Waals surface area contributed by atoms with Gasteiger partial charge in [0, 0.05) is 6.04 Å². The summed E-state index contributed by atoms with van der Waals surface area (Å²) in [6.45, 7) is 4.15. The molecular formula is C15H19N3O2S. The third-order valence-electron chi connectivity index (χ3n) is 3.34. The summed E-state index contributed by atoms with van der Waals surface area (Å²) in [6, 6.07) is 8.42. The van der Waals surface area contributed by atoms with E-state index in [9.17, 15) is 4.79 Å². The van der Waals surface area contributed by atoms with E-state index < -0.39 is 5.97 Å². The van der Waals surface area contributed by atoms with Gasteiger partial charge in [-0.3, -0.25) is 0 Å². The number of ether oxygens (including phenoxy) is 1. The van der Waals surface area contributed by atoms with E-state index >= 15 is 0 Å². The van der Waals surface area contributed by atoms with E-state index in [1.54, 1.807) is 0 Å². The molecule has 0 bridgehead atoms. The Labute approximate surface area is 128 Å². The van der Waals surface area contributed by atoms with Crippen molar-refractivity contribution in [3.63, 3.8) is 0 Å². The molecule has 0 aliphatic heterocycles. The Morgan fingerprint density at radius 1 is 1.43 bits per heavy atom. The average molecular weight is 305 g/mol. The van der Waals surface area contributed by atoms with Crippen molar-refractivity contribution in [1.82, 2.24) is 4.37 Å². The highest BCUT2D eigenvalue weighted by Gasteiger charge is 2.21. The molecule has 0 saturated carbocycles. The number of carbonyl (C=O) groups excluding carboxylic acids is 1. The highest BCUT2D eigenvalue weighted by Crippen LogP contribution is 2.30. The van der Waals surface area contributed by atoms with Crippen molar-refractivity contribution >= 4 is 28.3 Å². The van der Waals surface area contributed by atoms with Gasteiger partial charge in [-0.25, -0.2) is 4.79 Å². The van der Waals surface area contributed by atoms with Crippen LogP contribution in [0.25, 0.3) is 0 Å². The van der Waals surface area contributed by atoms with Gasteiger partial charge in [0.05, 0.1) is 7.11 Å². The lowest BCUT2D eigenvalue weighted by Gasteiger charge is -2.15. The molecule has 0 fully saturated rings. The normalized spacial score (nSPS) is 12.0. The van der Waals surface area contributed by atoms with Crippen molar-refractivity contribution < 1.29 is 9.53 Å². The fourth-order valence-electron chi connectivity index (χ4n) is 2.02. The number of aryl methyl sites for hydroxylation is 1. The smallest absolute Gasteiger partial charge is 0.344 e. The van der Waals surface area contributed by atoms with Gasteiger partial charge in [-0.1, -0.05) is 31.2 Å². The molecule has 1 unspecified atom stereocenters. The second-order valence-electron chi connectivity index (χ2n) is 4.72. The van der Waals surface area contributed by atoms with E-state index in [2.05, 4.69) is 40.9 Å². The van der Waals surface area contributed by atoms with Crippen LogP contribution in [0.4, 0.5) is 10.8 Å². The number of nitrogens with one attached hydrogen (secondary N) is 1. The number of nitrogen functional groups attached to an aromatic ring is 1. The topological polar surface area (TPSA) is 77.2 Å². The SMILES string of the molecule is CCc1ccc(C(C)Nc2snc(N)c2C(=O)OC)cc1. The van der Waals surface area contributed by atoms with Crippen molar-refractivity contribution in [3.8, 4) is 0 Å². The molecule has 0 amide bonds. The van der Waals surface area contributed by atoms with Gasteiger partial charge in [-0.2, -0.15) is 4.37 Å². The highest BCUT2D eigenvalue weighted by atomic mass is 32.1. The average Bonchev–Trinajstić information content (AvgIpc) is 2.87. The van der Waals surface area contributed by atoms with E-state index in [0.29, 0.717) is 10.6 Å². The minimum absolute atomic E-state index is 0.0409. The first kappa shape index (κ1) is 15.3. The molecule has 1 atom stereocenters. The molecule has 1 heterocycles. The second-order valence-corrected chi connectivity index (χ2v) is 5.50. The molecule has 2 rings (SSSR count). The zero-order valence-electron chi connectivity index (χ0n) is 12.3. The fourth-order valence-corrected chi connectivity index (χ4v) is 2.81. The van der Waals surface area contributed by atoms with Crippen molar-refractivity contribution in [2.24, 2.45) is 0 Å². The van der Waals surface area contributed by atoms with Crippen LogP contribution in [0.1, 0.15) is 41.4 Å². The monoisotopic (exact) mass is 305 g/mol. The molecule has 5 nitrogen and oxygen atoms in total. The van der Waals surface area contributed by atoms with Gasteiger partial charge in [-0.05, 0) is 36.0 Å². The Morgan fingerprint density at radius 3 is 2.67 bits per heavy atom. The number of aromatic nitrogens is 1. The van der Waals surface area contributed by atoms with Gasteiger partial charge in [0.2, 0.25) is 0 Å². The van der Waals surface area contributed by atoms with Crippen LogP contribution in [-0.4, -0.2) is 17.5 Å². The summed E-state index contributed by atoms with van der Waals surface area (Å²) in [7, 11) is 1.33. The van der Waals surface area contributed by atoms with Gasteiger partial charge in [0.1, 0.15) is 10.6 Å². The Kier molecular flexibility index (Phi) is 4.80. The van der Waals surface area contributed by atoms with E-state index in [0.717, 1.165) is 23.5 Å². The van der Waals surface area contributed by atoms with Crippen LogP contribution in [0.15, 0.2) is 24.3 Å². The van der Waals surface area contributed by atoms with E-state index in [4.69, 9.17) is 10.5 Å². The molecule has 21 heavy (non-hydrogen) atoms. The molecule has 112 valence electrons. The molecule has 0 saturated heterocycles. The van der Waals surface area contributed by atoms with E-state index in [1.807, 2.05) is 6.92 Å². The number of rotatable bonds is 5. The Morgan fingerprint density at radius 2 is 2.10 bits per heavy atom. The lowest BCUT2D eigenvalue weighted by Crippen LogP contribution is -2.11. The van der Waals surface area contributed by atoms with Crippen molar-refractivity contribution in [3.05, 3.63) is 41.0 Å². The van der Waals surface area contributed by atoms with Crippen LogP contribution in [0.5, 0.6) is 0 Å². The molecule has 0 aliphatic carbocycles. The maximum atomic E-state index is 11.7. The predicted molar refractivity (Wildman–Crippen MR) is 85.7 cm³/mol. The molecule has 3 N–H and O–H groups in total. The standard InChI is InChI=1S/C15H19N3O2S/c1-4-10-5-7-11(8-6-10)9(2)17-14-12(15(19)20-3)13(16)18-21-14/h5-9,17H,4H2,1-3H3,(H2,16,18). The number of hydrogen-bond donors (Lipinski definition) is 2.